The first kappa shape index (κ1) is 38.7. The largest absolute Gasteiger partial charge is 0.491 e. The molecule has 0 unspecified atom stereocenters. The highest BCUT2D eigenvalue weighted by molar-refractivity contribution is 5.97. The Morgan fingerprint density at radius 3 is 2.28 bits per heavy atom. The van der Waals surface area contributed by atoms with E-state index in [0.717, 1.165) is 11.1 Å². The standard InChI is InChI=1S/C39H50N8O6/c1-22(2)17-29-21-52-30-15-13-28(14-16-30)19-31(44-39(51)35-24(5)40-26(7)53-35)37(49)43-32(18-27-11-9-8-10-12-27)38(50)45-34(23(3)4)36-41-25(6)46-47(36)20-33(48)42-29/h8-16,22-23,29,31-32,34H,17-21H2,1-7H3,(H,42,48)(H,43,49)(H,44,51)(H,45,50)/t29-,31-,32-,34-/m0/s1. The van der Waals surface area contributed by atoms with Crippen LogP contribution in [0.4, 0.5) is 0 Å². The molecule has 0 spiro atoms. The van der Waals surface area contributed by atoms with Gasteiger partial charge in [-0.3, -0.25) is 19.2 Å². The molecule has 2 bridgehead atoms. The Kier molecular flexibility index (Phi) is 12.6. The van der Waals surface area contributed by atoms with E-state index in [-0.39, 0.29) is 55.5 Å². The molecule has 4 amide bonds. The highest BCUT2D eigenvalue weighted by atomic mass is 16.5. The maximum Gasteiger partial charge on any atom is 0.289 e. The minimum Gasteiger partial charge on any atom is -0.491 e. The molecule has 14 nitrogen and oxygen atoms in total. The highest BCUT2D eigenvalue weighted by Crippen LogP contribution is 2.22. The predicted molar refractivity (Wildman–Crippen MR) is 197 cm³/mol. The summed E-state index contributed by atoms with van der Waals surface area (Å²) < 4.78 is 13.2. The minimum absolute atomic E-state index is 0.00582. The number of ether oxygens (including phenoxy) is 1. The molecule has 2 aromatic carbocycles. The lowest BCUT2D eigenvalue weighted by molar-refractivity contribution is -0.130. The number of nitrogens with zero attached hydrogens (tertiary/aromatic N) is 4. The molecule has 282 valence electrons. The van der Waals surface area contributed by atoms with Crippen LogP contribution in [0.1, 0.15) is 85.1 Å². The van der Waals surface area contributed by atoms with Crippen molar-refractivity contribution in [2.45, 2.75) is 98.4 Å². The van der Waals surface area contributed by atoms with E-state index in [1.807, 2.05) is 56.3 Å². The molecule has 14 heteroatoms. The van der Waals surface area contributed by atoms with Gasteiger partial charge in [-0.05, 0) is 55.4 Å². The zero-order valence-electron chi connectivity index (χ0n) is 31.4. The number of fused-ring (bicyclic) bond motifs is 14. The van der Waals surface area contributed by atoms with Crippen molar-refractivity contribution in [1.82, 2.24) is 41.0 Å². The Hall–Kier alpha value is -5.53. The van der Waals surface area contributed by atoms with Crippen molar-refractivity contribution in [3.05, 3.63) is 94.7 Å². The van der Waals surface area contributed by atoms with Crippen LogP contribution in [-0.4, -0.2) is 68.1 Å². The maximum atomic E-state index is 14.3. The van der Waals surface area contributed by atoms with Crippen LogP contribution in [0.2, 0.25) is 0 Å². The average molecular weight is 727 g/mol. The number of oxazole rings is 1. The van der Waals surface area contributed by atoms with Gasteiger partial charge in [0.05, 0.1) is 17.8 Å². The number of rotatable bonds is 7. The highest BCUT2D eigenvalue weighted by Gasteiger charge is 2.33. The molecule has 2 aliphatic heterocycles. The van der Waals surface area contributed by atoms with Gasteiger partial charge in [0.15, 0.2) is 11.7 Å². The second kappa shape index (κ2) is 17.3. The second-order valence-corrected chi connectivity index (χ2v) is 14.4. The zero-order chi connectivity index (χ0) is 38.2. The van der Waals surface area contributed by atoms with Crippen LogP contribution in [0.25, 0.3) is 0 Å². The Bertz CT molecular complexity index is 1880. The molecule has 6 rings (SSSR count). The summed E-state index contributed by atoms with van der Waals surface area (Å²) in [6, 6.07) is 13.5. The number of hydrogen-bond acceptors (Lipinski definition) is 9. The van der Waals surface area contributed by atoms with Gasteiger partial charge in [0.2, 0.25) is 23.5 Å². The lowest BCUT2D eigenvalue weighted by Gasteiger charge is -2.27. The predicted octanol–water partition coefficient (Wildman–Crippen LogP) is 3.70. The van der Waals surface area contributed by atoms with Crippen LogP contribution in [-0.2, 0) is 33.8 Å². The molecule has 2 aliphatic rings. The Morgan fingerprint density at radius 2 is 1.64 bits per heavy atom. The topological polar surface area (TPSA) is 182 Å². The summed E-state index contributed by atoms with van der Waals surface area (Å²) in [6.45, 7) is 13.2. The first-order chi connectivity index (χ1) is 25.2. The molecule has 4 N–H and O–H groups in total. The maximum absolute atomic E-state index is 14.3. The molecular formula is C39H50N8O6. The molecule has 0 saturated heterocycles. The summed E-state index contributed by atoms with van der Waals surface area (Å²) in [5.41, 5.74) is 1.95. The van der Waals surface area contributed by atoms with Gasteiger partial charge in [-0.1, -0.05) is 70.2 Å². The first-order valence-electron chi connectivity index (χ1n) is 18.1. The van der Waals surface area contributed by atoms with Gasteiger partial charge < -0.3 is 30.4 Å². The van der Waals surface area contributed by atoms with Crippen LogP contribution in [0.3, 0.4) is 0 Å². The lowest BCUT2D eigenvalue weighted by atomic mass is 10.00. The third-order valence-electron chi connectivity index (χ3n) is 8.92. The monoisotopic (exact) mass is 726 g/mol. The summed E-state index contributed by atoms with van der Waals surface area (Å²) in [4.78, 5) is 64.3. The third-order valence-corrected chi connectivity index (χ3v) is 8.92. The quantitative estimate of drug-likeness (QED) is 0.221. The van der Waals surface area contributed by atoms with Crippen molar-refractivity contribution in [3.8, 4) is 5.75 Å². The van der Waals surface area contributed by atoms with Gasteiger partial charge >= 0.3 is 0 Å². The van der Waals surface area contributed by atoms with E-state index in [1.165, 1.54) is 4.68 Å². The minimum atomic E-state index is -1.09. The molecule has 0 radical (unpaired) electrons. The zero-order valence-corrected chi connectivity index (χ0v) is 31.4. The number of benzene rings is 2. The molecule has 4 aromatic rings. The average Bonchev–Trinajstić information content (AvgIpc) is 3.64. The SMILES string of the molecule is Cc1nc2n(n1)CC(=O)N[C@@H](CC(C)C)COc1ccc(cc1)C[C@H](NC(=O)c1oc(C)nc1C)C(=O)N[C@@H](Cc1ccccc1)C(=O)N[C@H]2C(C)C. The van der Waals surface area contributed by atoms with Crippen molar-refractivity contribution in [1.29, 1.82) is 0 Å². The number of nitrogens with one attached hydrogen (secondary N) is 4. The van der Waals surface area contributed by atoms with Gasteiger partial charge in [-0.15, -0.1) is 0 Å². The molecule has 2 aromatic heterocycles. The Labute approximate surface area is 309 Å². The summed E-state index contributed by atoms with van der Waals surface area (Å²) in [7, 11) is 0. The molecule has 0 aliphatic carbocycles. The first-order valence-corrected chi connectivity index (χ1v) is 18.1. The number of carbonyl (C=O) groups excluding carboxylic acids is 4. The van der Waals surface area contributed by atoms with Crippen LogP contribution in [0, 0.1) is 32.6 Å². The summed E-state index contributed by atoms with van der Waals surface area (Å²) in [5, 5.41) is 16.5. The van der Waals surface area contributed by atoms with E-state index in [2.05, 4.69) is 50.2 Å². The van der Waals surface area contributed by atoms with Crippen molar-refractivity contribution < 1.29 is 28.3 Å². The van der Waals surface area contributed by atoms with Gasteiger partial charge in [-0.25, -0.2) is 14.6 Å². The number of amides is 4. The van der Waals surface area contributed by atoms with E-state index in [4.69, 9.17) is 9.15 Å². The second-order valence-electron chi connectivity index (χ2n) is 14.4. The number of hydrogen-bond donors (Lipinski definition) is 4. The van der Waals surface area contributed by atoms with Crippen molar-refractivity contribution >= 4 is 23.6 Å². The number of carbonyl (C=O) groups is 4. The molecule has 4 heterocycles. The lowest BCUT2D eigenvalue weighted by Crippen LogP contribution is -2.55. The van der Waals surface area contributed by atoms with Gasteiger partial charge in [-0.2, -0.15) is 5.10 Å². The third kappa shape index (κ3) is 10.5. The molecule has 53 heavy (non-hydrogen) atoms. The van der Waals surface area contributed by atoms with E-state index in [0.29, 0.717) is 35.4 Å². The van der Waals surface area contributed by atoms with Crippen LogP contribution >= 0.6 is 0 Å². The fourth-order valence-corrected chi connectivity index (χ4v) is 6.41. The summed E-state index contributed by atoms with van der Waals surface area (Å²) >= 11 is 0. The van der Waals surface area contributed by atoms with Gasteiger partial charge in [0.25, 0.3) is 5.91 Å². The van der Waals surface area contributed by atoms with E-state index in [9.17, 15) is 19.2 Å². The summed E-state index contributed by atoms with van der Waals surface area (Å²) in [6.07, 6.45) is 0.954. The van der Waals surface area contributed by atoms with Crippen LogP contribution < -0.4 is 26.0 Å². The Morgan fingerprint density at radius 1 is 0.925 bits per heavy atom. The van der Waals surface area contributed by atoms with E-state index < -0.39 is 35.8 Å². The molecular weight excluding hydrogens is 676 g/mol. The van der Waals surface area contributed by atoms with E-state index in [1.54, 1.807) is 32.9 Å². The molecule has 0 saturated carbocycles. The van der Waals surface area contributed by atoms with Crippen molar-refractivity contribution in [3.63, 3.8) is 0 Å². The normalized spacial score (nSPS) is 20.3. The van der Waals surface area contributed by atoms with E-state index >= 15 is 0 Å². The van der Waals surface area contributed by atoms with Crippen molar-refractivity contribution in [2.75, 3.05) is 6.61 Å². The fourth-order valence-electron chi connectivity index (χ4n) is 6.41. The fraction of sp³-hybridized carbons (Fsp3) is 0.462. The molecule has 4 atom stereocenters. The van der Waals surface area contributed by atoms with Gasteiger partial charge in [0.1, 0.15) is 36.8 Å². The van der Waals surface area contributed by atoms with Crippen LogP contribution in [0.15, 0.2) is 59.0 Å². The Balaban J connectivity index is 1.54. The van der Waals surface area contributed by atoms with Crippen molar-refractivity contribution in [2.24, 2.45) is 11.8 Å². The summed E-state index contributed by atoms with van der Waals surface area (Å²) in [5.74, 6) is 0.00260. The molecule has 0 fully saturated rings. The number of aromatic nitrogens is 4. The van der Waals surface area contributed by atoms with Crippen LogP contribution in [0.5, 0.6) is 5.75 Å². The number of aryl methyl sites for hydroxylation is 3. The van der Waals surface area contributed by atoms with Gasteiger partial charge in [0, 0.05) is 19.8 Å². The smallest absolute Gasteiger partial charge is 0.289 e.